The summed E-state index contributed by atoms with van der Waals surface area (Å²) >= 11 is 0. The van der Waals surface area contributed by atoms with Crippen LogP contribution in [0.1, 0.15) is 16.8 Å². The van der Waals surface area contributed by atoms with E-state index in [1.807, 2.05) is 30.3 Å². The van der Waals surface area contributed by atoms with E-state index < -0.39 is 17.8 Å². The van der Waals surface area contributed by atoms with Crippen LogP contribution in [0.3, 0.4) is 0 Å². The molecular formula is C20H21FN2O4. The number of benzene rings is 2. The highest BCUT2D eigenvalue weighted by molar-refractivity contribution is 5.98. The number of halogens is 1. The van der Waals surface area contributed by atoms with Gasteiger partial charge < -0.3 is 19.7 Å². The van der Waals surface area contributed by atoms with E-state index in [2.05, 4.69) is 5.32 Å². The average Bonchev–Trinajstić information content (AvgIpc) is 3.11. The molecule has 1 saturated heterocycles. The molecule has 0 spiro atoms. The van der Waals surface area contributed by atoms with Crippen molar-refractivity contribution in [2.75, 3.05) is 20.7 Å². The molecule has 2 atom stereocenters. The number of carbonyl (C=O) groups is 2. The van der Waals surface area contributed by atoms with Crippen LogP contribution in [-0.4, -0.2) is 49.6 Å². The molecule has 6 nitrogen and oxygen atoms in total. The van der Waals surface area contributed by atoms with Crippen LogP contribution in [0, 0.1) is 5.82 Å². The van der Waals surface area contributed by atoms with Crippen LogP contribution in [0.25, 0.3) is 0 Å². The maximum Gasteiger partial charge on any atom is 0.254 e. The summed E-state index contributed by atoms with van der Waals surface area (Å²) in [7, 11) is 2.87. The van der Waals surface area contributed by atoms with Gasteiger partial charge in [-0.2, -0.15) is 0 Å². The molecule has 1 aliphatic heterocycles. The Morgan fingerprint density at radius 1 is 1.19 bits per heavy atom. The Labute approximate surface area is 156 Å². The standard InChI is InChI=1S/C20H21FN2O4/c1-22-19(24)17-11-15(27-14-6-4-3-5-7-14)12-23(17)20(25)13-8-9-18(26-2)16(21)10-13/h3-10,15,17H,11-12H2,1-2H3,(H,22,24)/t15-,17-/m0/s1. The van der Waals surface area contributed by atoms with Gasteiger partial charge in [0.15, 0.2) is 11.6 Å². The Kier molecular flexibility index (Phi) is 5.59. The summed E-state index contributed by atoms with van der Waals surface area (Å²) in [6.45, 7) is 0.236. The monoisotopic (exact) mass is 372 g/mol. The quantitative estimate of drug-likeness (QED) is 0.874. The maximum atomic E-state index is 14.0. The van der Waals surface area contributed by atoms with Crippen LogP contribution in [0.5, 0.6) is 11.5 Å². The number of hydrogen-bond donors (Lipinski definition) is 1. The zero-order valence-corrected chi connectivity index (χ0v) is 15.1. The normalized spacial score (nSPS) is 18.9. The van der Waals surface area contributed by atoms with Gasteiger partial charge in [-0.15, -0.1) is 0 Å². The first-order valence-electron chi connectivity index (χ1n) is 8.61. The summed E-state index contributed by atoms with van der Waals surface area (Å²) in [6.07, 6.45) is 0.0283. The van der Waals surface area contributed by atoms with Gasteiger partial charge in [0, 0.05) is 19.0 Å². The fourth-order valence-corrected chi connectivity index (χ4v) is 3.18. The van der Waals surface area contributed by atoms with Gasteiger partial charge in [-0.25, -0.2) is 4.39 Å². The van der Waals surface area contributed by atoms with E-state index in [1.54, 1.807) is 0 Å². The molecule has 1 aliphatic rings. The van der Waals surface area contributed by atoms with Crippen molar-refractivity contribution in [3.63, 3.8) is 0 Å². The van der Waals surface area contributed by atoms with Crippen LogP contribution in [0.2, 0.25) is 0 Å². The molecule has 2 aromatic rings. The summed E-state index contributed by atoms with van der Waals surface area (Å²) < 4.78 is 24.8. The van der Waals surface area contributed by atoms with Gasteiger partial charge in [-0.1, -0.05) is 18.2 Å². The lowest BCUT2D eigenvalue weighted by atomic mass is 10.1. The zero-order chi connectivity index (χ0) is 19.4. The fourth-order valence-electron chi connectivity index (χ4n) is 3.18. The predicted octanol–water partition coefficient (Wildman–Crippen LogP) is 2.24. The van der Waals surface area contributed by atoms with E-state index >= 15 is 0 Å². The molecule has 0 radical (unpaired) electrons. The lowest BCUT2D eigenvalue weighted by Crippen LogP contribution is -2.45. The number of likely N-dealkylation sites (N-methyl/N-ethyl adjacent to an activating group) is 1. The Balaban J connectivity index is 1.81. The van der Waals surface area contributed by atoms with Crippen molar-refractivity contribution in [2.45, 2.75) is 18.6 Å². The number of amides is 2. The second-order valence-electron chi connectivity index (χ2n) is 6.23. The number of methoxy groups -OCH3 is 1. The molecule has 0 saturated carbocycles. The largest absolute Gasteiger partial charge is 0.494 e. The van der Waals surface area contributed by atoms with Crippen molar-refractivity contribution in [1.29, 1.82) is 0 Å². The number of ether oxygens (including phenoxy) is 2. The molecule has 0 aromatic heterocycles. The fraction of sp³-hybridized carbons (Fsp3) is 0.300. The highest BCUT2D eigenvalue weighted by atomic mass is 19.1. The maximum absolute atomic E-state index is 14.0. The second kappa shape index (κ2) is 8.07. The average molecular weight is 372 g/mol. The van der Waals surface area contributed by atoms with Crippen molar-refractivity contribution < 1.29 is 23.5 Å². The molecule has 7 heteroatoms. The van der Waals surface area contributed by atoms with Crippen molar-refractivity contribution in [3.8, 4) is 11.5 Å². The second-order valence-corrected chi connectivity index (χ2v) is 6.23. The lowest BCUT2D eigenvalue weighted by molar-refractivity contribution is -0.124. The minimum absolute atomic E-state index is 0.0566. The molecular weight excluding hydrogens is 351 g/mol. The van der Waals surface area contributed by atoms with Crippen LogP contribution in [0.15, 0.2) is 48.5 Å². The summed E-state index contributed by atoms with van der Waals surface area (Å²) in [6, 6.07) is 12.5. The van der Waals surface area contributed by atoms with E-state index in [1.165, 1.54) is 31.2 Å². The molecule has 1 heterocycles. The summed E-state index contributed by atoms with van der Waals surface area (Å²) in [4.78, 5) is 26.6. The van der Waals surface area contributed by atoms with Crippen molar-refractivity contribution in [2.24, 2.45) is 0 Å². The molecule has 1 fully saturated rings. The highest BCUT2D eigenvalue weighted by Gasteiger charge is 2.40. The number of carbonyl (C=O) groups excluding carboxylic acids is 2. The lowest BCUT2D eigenvalue weighted by Gasteiger charge is -2.23. The molecule has 0 unspecified atom stereocenters. The highest BCUT2D eigenvalue weighted by Crippen LogP contribution is 2.26. The summed E-state index contributed by atoms with van der Waals surface area (Å²) in [5, 5.41) is 2.57. The molecule has 0 aliphatic carbocycles. The molecule has 27 heavy (non-hydrogen) atoms. The minimum Gasteiger partial charge on any atom is -0.494 e. The minimum atomic E-state index is -0.679. The summed E-state index contributed by atoms with van der Waals surface area (Å²) in [5.74, 6) is -0.610. The Morgan fingerprint density at radius 2 is 1.93 bits per heavy atom. The van der Waals surface area contributed by atoms with E-state index in [0.717, 1.165) is 6.07 Å². The van der Waals surface area contributed by atoms with Crippen LogP contribution in [-0.2, 0) is 4.79 Å². The van der Waals surface area contributed by atoms with Gasteiger partial charge in [0.25, 0.3) is 5.91 Å². The third kappa shape index (κ3) is 4.02. The van der Waals surface area contributed by atoms with Gasteiger partial charge in [0.2, 0.25) is 5.91 Å². The molecule has 0 bridgehead atoms. The number of rotatable bonds is 5. The van der Waals surface area contributed by atoms with Crippen LogP contribution in [0.4, 0.5) is 4.39 Å². The molecule has 3 rings (SSSR count). The van der Waals surface area contributed by atoms with Crippen molar-refractivity contribution in [1.82, 2.24) is 10.2 Å². The van der Waals surface area contributed by atoms with Gasteiger partial charge in [0.1, 0.15) is 17.9 Å². The van der Waals surface area contributed by atoms with Crippen molar-refractivity contribution in [3.05, 3.63) is 59.9 Å². The number of nitrogens with one attached hydrogen (secondary N) is 1. The molecule has 1 N–H and O–H groups in total. The zero-order valence-electron chi connectivity index (χ0n) is 15.1. The smallest absolute Gasteiger partial charge is 0.254 e. The number of hydrogen-bond acceptors (Lipinski definition) is 4. The van der Waals surface area contributed by atoms with Gasteiger partial charge >= 0.3 is 0 Å². The third-order valence-electron chi connectivity index (χ3n) is 4.52. The molecule has 2 aromatic carbocycles. The topological polar surface area (TPSA) is 67.9 Å². The van der Waals surface area contributed by atoms with E-state index in [-0.39, 0.29) is 29.9 Å². The first-order chi connectivity index (χ1) is 13.0. The Hall–Kier alpha value is -3.09. The molecule has 2 amide bonds. The Morgan fingerprint density at radius 3 is 2.56 bits per heavy atom. The third-order valence-corrected chi connectivity index (χ3v) is 4.52. The van der Waals surface area contributed by atoms with E-state index in [4.69, 9.17) is 9.47 Å². The van der Waals surface area contributed by atoms with Crippen LogP contribution >= 0.6 is 0 Å². The van der Waals surface area contributed by atoms with Gasteiger partial charge in [-0.3, -0.25) is 9.59 Å². The SMILES string of the molecule is CNC(=O)[C@@H]1C[C@H](Oc2ccccc2)CN1C(=O)c1ccc(OC)c(F)c1. The number of likely N-dealkylation sites (tertiary alicyclic amines) is 1. The predicted molar refractivity (Wildman–Crippen MR) is 97.3 cm³/mol. The van der Waals surface area contributed by atoms with E-state index in [0.29, 0.717) is 12.2 Å². The van der Waals surface area contributed by atoms with E-state index in [9.17, 15) is 14.0 Å². The van der Waals surface area contributed by atoms with Gasteiger partial charge in [-0.05, 0) is 30.3 Å². The first-order valence-corrected chi connectivity index (χ1v) is 8.61. The van der Waals surface area contributed by atoms with Crippen molar-refractivity contribution >= 4 is 11.8 Å². The summed E-state index contributed by atoms with van der Waals surface area (Å²) in [5.41, 5.74) is 0.155. The molecule has 142 valence electrons. The van der Waals surface area contributed by atoms with Gasteiger partial charge in [0.05, 0.1) is 13.7 Å². The van der Waals surface area contributed by atoms with Crippen LogP contribution < -0.4 is 14.8 Å². The Bertz CT molecular complexity index is 828. The number of para-hydroxylation sites is 1. The number of nitrogens with zero attached hydrogens (tertiary/aromatic N) is 1. The first kappa shape index (κ1) is 18.7.